The van der Waals surface area contributed by atoms with Gasteiger partial charge in [-0.25, -0.2) is 4.98 Å². The molecule has 0 bridgehead atoms. The second kappa shape index (κ2) is 5.49. The fourth-order valence-electron chi connectivity index (χ4n) is 2.04. The molecule has 3 nitrogen and oxygen atoms in total. The summed E-state index contributed by atoms with van der Waals surface area (Å²) in [5.74, 6) is 1.14. The maximum atomic E-state index is 9.14. The molecule has 20 heavy (non-hydrogen) atoms. The van der Waals surface area contributed by atoms with Gasteiger partial charge in [0, 0.05) is 28.1 Å². The molecule has 0 atom stereocenters. The monoisotopic (exact) mass is 285 g/mol. The van der Waals surface area contributed by atoms with Gasteiger partial charge >= 0.3 is 0 Å². The van der Waals surface area contributed by atoms with Gasteiger partial charge in [0.25, 0.3) is 0 Å². The van der Waals surface area contributed by atoms with Crippen LogP contribution in [-0.2, 0) is 6.61 Å². The summed E-state index contributed by atoms with van der Waals surface area (Å²) in [6, 6.07) is 14.8. The minimum Gasteiger partial charge on any atom is -0.438 e. The molecule has 4 heteroatoms. The molecule has 0 saturated heterocycles. The highest BCUT2D eigenvalue weighted by atomic mass is 35.5. The van der Waals surface area contributed by atoms with Gasteiger partial charge in [0.1, 0.15) is 5.75 Å². The van der Waals surface area contributed by atoms with Gasteiger partial charge in [0.2, 0.25) is 5.88 Å². The van der Waals surface area contributed by atoms with E-state index in [2.05, 4.69) is 4.98 Å². The van der Waals surface area contributed by atoms with Gasteiger partial charge in [0.15, 0.2) is 0 Å². The Balaban J connectivity index is 2.04. The Labute approximate surface area is 121 Å². The quantitative estimate of drug-likeness (QED) is 0.785. The van der Waals surface area contributed by atoms with Crippen molar-refractivity contribution in [3.8, 4) is 11.6 Å². The van der Waals surface area contributed by atoms with Crippen molar-refractivity contribution in [2.45, 2.75) is 6.61 Å². The summed E-state index contributed by atoms with van der Waals surface area (Å²) in [5.41, 5.74) is 0.758. The predicted molar refractivity (Wildman–Crippen MR) is 79.2 cm³/mol. The van der Waals surface area contributed by atoms with Crippen LogP contribution in [0.15, 0.2) is 54.7 Å². The van der Waals surface area contributed by atoms with Crippen molar-refractivity contribution in [2.24, 2.45) is 0 Å². The van der Waals surface area contributed by atoms with E-state index in [0.29, 0.717) is 16.7 Å². The summed E-state index contributed by atoms with van der Waals surface area (Å²) in [7, 11) is 0. The SMILES string of the molecule is OCc1ccnc(Oc2ccc(Cl)c3ccccc23)c1. The van der Waals surface area contributed by atoms with Crippen LogP contribution in [0.5, 0.6) is 11.6 Å². The number of aliphatic hydroxyl groups is 1. The van der Waals surface area contributed by atoms with Crippen LogP contribution in [0.25, 0.3) is 10.8 Å². The molecule has 100 valence electrons. The summed E-state index contributed by atoms with van der Waals surface area (Å²) in [5, 5.41) is 11.7. The summed E-state index contributed by atoms with van der Waals surface area (Å²) in [4.78, 5) is 4.15. The molecule has 0 aliphatic rings. The summed E-state index contributed by atoms with van der Waals surface area (Å²) >= 11 is 6.18. The molecule has 1 heterocycles. The van der Waals surface area contributed by atoms with Crippen molar-refractivity contribution in [3.63, 3.8) is 0 Å². The van der Waals surface area contributed by atoms with Crippen LogP contribution in [-0.4, -0.2) is 10.1 Å². The number of hydrogen-bond acceptors (Lipinski definition) is 3. The normalized spacial score (nSPS) is 10.7. The molecule has 1 N–H and O–H groups in total. The molecular formula is C16H12ClNO2. The molecule has 0 unspecified atom stereocenters. The average Bonchev–Trinajstić information content (AvgIpc) is 2.51. The lowest BCUT2D eigenvalue weighted by Gasteiger charge is -2.09. The Morgan fingerprint density at radius 3 is 2.65 bits per heavy atom. The van der Waals surface area contributed by atoms with Crippen LogP contribution < -0.4 is 4.74 Å². The van der Waals surface area contributed by atoms with Crippen LogP contribution >= 0.6 is 11.6 Å². The Morgan fingerprint density at radius 2 is 1.85 bits per heavy atom. The number of fused-ring (bicyclic) bond motifs is 1. The maximum absolute atomic E-state index is 9.14. The molecular weight excluding hydrogens is 274 g/mol. The van der Waals surface area contributed by atoms with Gasteiger partial charge in [-0.3, -0.25) is 0 Å². The van der Waals surface area contributed by atoms with Crippen LogP contribution in [0.3, 0.4) is 0 Å². The molecule has 0 saturated carbocycles. The number of hydrogen-bond donors (Lipinski definition) is 1. The van der Waals surface area contributed by atoms with Gasteiger partial charge in [-0.2, -0.15) is 0 Å². The Kier molecular flexibility index (Phi) is 3.54. The predicted octanol–water partition coefficient (Wildman–Crippen LogP) is 4.17. The molecule has 1 aromatic heterocycles. The van der Waals surface area contributed by atoms with Gasteiger partial charge in [-0.05, 0) is 23.8 Å². The number of aromatic nitrogens is 1. The first-order valence-corrected chi connectivity index (χ1v) is 6.56. The number of ether oxygens (including phenoxy) is 1. The third-order valence-corrected chi connectivity index (χ3v) is 3.36. The zero-order valence-electron chi connectivity index (χ0n) is 10.6. The Bertz CT molecular complexity index is 758. The molecule has 2 aromatic carbocycles. The van der Waals surface area contributed by atoms with E-state index in [1.807, 2.05) is 30.3 Å². The molecule has 0 aliphatic heterocycles. The third-order valence-electron chi connectivity index (χ3n) is 3.03. The number of nitrogens with zero attached hydrogens (tertiary/aromatic N) is 1. The lowest BCUT2D eigenvalue weighted by molar-refractivity contribution is 0.281. The molecule has 0 aliphatic carbocycles. The number of aliphatic hydroxyl groups excluding tert-OH is 1. The largest absolute Gasteiger partial charge is 0.438 e. The van der Waals surface area contributed by atoms with Crippen molar-refractivity contribution in [1.82, 2.24) is 4.98 Å². The van der Waals surface area contributed by atoms with Crippen LogP contribution in [0, 0.1) is 0 Å². The van der Waals surface area contributed by atoms with E-state index in [1.54, 1.807) is 24.4 Å². The van der Waals surface area contributed by atoms with E-state index in [1.165, 1.54) is 0 Å². The van der Waals surface area contributed by atoms with Crippen molar-refractivity contribution in [1.29, 1.82) is 0 Å². The van der Waals surface area contributed by atoms with Gasteiger partial charge < -0.3 is 9.84 Å². The fourth-order valence-corrected chi connectivity index (χ4v) is 2.27. The van der Waals surface area contributed by atoms with E-state index in [-0.39, 0.29) is 6.61 Å². The standard InChI is InChI=1S/C16H12ClNO2/c17-14-5-6-15(13-4-2-1-3-12(13)14)20-16-9-11(10-19)7-8-18-16/h1-9,19H,10H2. The zero-order valence-corrected chi connectivity index (χ0v) is 11.3. The smallest absolute Gasteiger partial charge is 0.219 e. The van der Waals surface area contributed by atoms with Gasteiger partial charge in [-0.1, -0.05) is 35.9 Å². The molecule has 3 rings (SSSR count). The van der Waals surface area contributed by atoms with Crippen molar-refractivity contribution < 1.29 is 9.84 Å². The zero-order chi connectivity index (χ0) is 13.9. The van der Waals surface area contributed by atoms with E-state index in [0.717, 1.165) is 16.3 Å². The van der Waals surface area contributed by atoms with Gasteiger partial charge in [-0.15, -0.1) is 0 Å². The van der Waals surface area contributed by atoms with Crippen LogP contribution in [0.1, 0.15) is 5.56 Å². The third kappa shape index (κ3) is 2.46. The lowest BCUT2D eigenvalue weighted by Crippen LogP contribution is -1.91. The Hall–Kier alpha value is -2.10. The van der Waals surface area contributed by atoms with Crippen molar-refractivity contribution in [3.05, 3.63) is 65.3 Å². The summed E-state index contributed by atoms with van der Waals surface area (Å²) < 4.78 is 5.81. The average molecular weight is 286 g/mol. The van der Waals surface area contributed by atoms with Crippen molar-refractivity contribution in [2.75, 3.05) is 0 Å². The molecule has 3 aromatic rings. The van der Waals surface area contributed by atoms with Crippen molar-refractivity contribution >= 4 is 22.4 Å². The van der Waals surface area contributed by atoms with E-state index < -0.39 is 0 Å². The van der Waals surface area contributed by atoms with Crippen LogP contribution in [0.2, 0.25) is 5.02 Å². The maximum Gasteiger partial charge on any atom is 0.219 e. The first-order chi connectivity index (χ1) is 9.78. The molecule has 0 fully saturated rings. The number of rotatable bonds is 3. The highest BCUT2D eigenvalue weighted by molar-refractivity contribution is 6.35. The van der Waals surface area contributed by atoms with Gasteiger partial charge in [0.05, 0.1) is 6.61 Å². The second-order valence-corrected chi connectivity index (χ2v) is 4.76. The summed E-state index contributed by atoms with van der Waals surface area (Å²) in [6.45, 7) is -0.0414. The lowest BCUT2D eigenvalue weighted by atomic mass is 10.1. The van der Waals surface area contributed by atoms with Crippen LogP contribution in [0.4, 0.5) is 0 Å². The van der Waals surface area contributed by atoms with E-state index in [4.69, 9.17) is 21.4 Å². The number of halogens is 1. The summed E-state index contributed by atoms with van der Waals surface area (Å²) in [6.07, 6.45) is 1.61. The molecule has 0 radical (unpaired) electrons. The minimum absolute atomic E-state index is 0.0414. The Morgan fingerprint density at radius 1 is 1.05 bits per heavy atom. The fraction of sp³-hybridized carbons (Fsp3) is 0.0625. The highest BCUT2D eigenvalue weighted by Gasteiger charge is 2.07. The first-order valence-electron chi connectivity index (χ1n) is 6.19. The van der Waals surface area contributed by atoms with E-state index >= 15 is 0 Å². The van der Waals surface area contributed by atoms with E-state index in [9.17, 15) is 0 Å². The molecule has 0 amide bonds. The molecule has 0 spiro atoms. The number of pyridine rings is 1. The first kappa shape index (κ1) is 12.9. The topological polar surface area (TPSA) is 42.4 Å². The highest BCUT2D eigenvalue weighted by Crippen LogP contribution is 2.33. The second-order valence-electron chi connectivity index (χ2n) is 4.35. The minimum atomic E-state index is -0.0414. The number of benzene rings is 2.